The fraction of sp³-hybridized carbons (Fsp3) is 0.0909. The van der Waals surface area contributed by atoms with E-state index in [0.717, 1.165) is 5.03 Å². The summed E-state index contributed by atoms with van der Waals surface area (Å²) in [5, 5.41) is 9.70. The molecule has 0 aromatic carbocycles. The largest absolute Gasteiger partial charge is 0.476 e. The molecule has 0 atom stereocenters. The summed E-state index contributed by atoms with van der Waals surface area (Å²) < 4.78 is 5.41. The van der Waals surface area contributed by atoms with Crippen molar-refractivity contribution in [2.75, 3.05) is 6.26 Å². The van der Waals surface area contributed by atoms with Gasteiger partial charge in [-0.2, -0.15) is 0 Å². The molecule has 2 heterocycles. The van der Waals surface area contributed by atoms with Gasteiger partial charge < -0.3 is 9.84 Å². The van der Waals surface area contributed by atoms with Gasteiger partial charge in [0, 0.05) is 12.3 Å². The SMILES string of the molecule is CSc1cc(Oc2cccnc2C(=O)O)ncn1. The third-order valence-corrected chi connectivity index (χ3v) is 2.66. The molecule has 7 heteroatoms. The van der Waals surface area contributed by atoms with Gasteiger partial charge in [-0.1, -0.05) is 0 Å². The predicted molar refractivity (Wildman–Crippen MR) is 65.1 cm³/mol. The van der Waals surface area contributed by atoms with Crippen LogP contribution in [0.5, 0.6) is 11.6 Å². The maximum absolute atomic E-state index is 11.0. The molecule has 0 fully saturated rings. The van der Waals surface area contributed by atoms with Gasteiger partial charge in [0.1, 0.15) is 11.4 Å². The minimum absolute atomic E-state index is 0.149. The lowest BCUT2D eigenvalue weighted by Gasteiger charge is -2.06. The fourth-order valence-electron chi connectivity index (χ4n) is 1.24. The molecule has 0 saturated carbocycles. The fourth-order valence-corrected chi connectivity index (χ4v) is 1.61. The zero-order chi connectivity index (χ0) is 13.0. The van der Waals surface area contributed by atoms with E-state index in [2.05, 4.69) is 15.0 Å². The molecule has 2 aromatic rings. The Morgan fingerprint density at radius 3 is 2.94 bits per heavy atom. The van der Waals surface area contributed by atoms with Gasteiger partial charge in [0.15, 0.2) is 11.4 Å². The number of rotatable bonds is 4. The Balaban J connectivity index is 2.31. The molecule has 0 amide bonds. The summed E-state index contributed by atoms with van der Waals surface area (Å²) in [6, 6.07) is 4.75. The van der Waals surface area contributed by atoms with E-state index < -0.39 is 5.97 Å². The number of ether oxygens (including phenoxy) is 1. The van der Waals surface area contributed by atoms with Crippen molar-refractivity contribution in [2.45, 2.75) is 5.03 Å². The second-order valence-electron chi connectivity index (χ2n) is 3.16. The van der Waals surface area contributed by atoms with E-state index in [1.807, 2.05) is 6.26 Å². The molecule has 0 aliphatic rings. The standard InChI is InChI=1S/C11H9N3O3S/c1-18-9-5-8(13-6-14-9)17-7-3-2-4-12-10(7)11(15)16/h2-6H,1H3,(H,15,16). The number of nitrogens with zero attached hydrogens (tertiary/aromatic N) is 3. The first-order valence-corrected chi connectivity index (χ1v) is 6.15. The zero-order valence-corrected chi connectivity index (χ0v) is 10.2. The lowest BCUT2D eigenvalue weighted by molar-refractivity contribution is 0.0687. The van der Waals surface area contributed by atoms with E-state index in [1.165, 1.54) is 30.4 Å². The van der Waals surface area contributed by atoms with Crippen LogP contribution in [-0.2, 0) is 0 Å². The highest BCUT2D eigenvalue weighted by Gasteiger charge is 2.13. The Kier molecular flexibility index (Phi) is 3.73. The van der Waals surface area contributed by atoms with E-state index >= 15 is 0 Å². The number of carboxylic acids is 1. The maximum Gasteiger partial charge on any atom is 0.358 e. The van der Waals surface area contributed by atoms with Crippen molar-refractivity contribution in [3.63, 3.8) is 0 Å². The van der Waals surface area contributed by atoms with E-state index in [9.17, 15) is 4.79 Å². The van der Waals surface area contributed by atoms with Gasteiger partial charge in [-0.15, -0.1) is 11.8 Å². The Bertz CT molecular complexity index is 577. The first-order chi connectivity index (χ1) is 8.70. The summed E-state index contributed by atoms with van der Waals surface area (Å²) in [6.45, 7) is 0. The van der Waals surface area contributed by atoms with Crippen LogP contribution in [0.2, 0.25) is 0 Å². The molecule has 0 bridgehead atoms. The van der Waals surface area contributed by atoms with Crippen LogP contribution in [0.25, 0.3) is 0 Å². The summed E-state index contributed by atoms with van der Waals surface area (Å²) in [4.78, 5) is 22.6. The first-order valence-electron chi connectivity index (χ1n) is 4.93. The van der Waals surface area contributed by atoms with Crippen LogP contribution < -0.4 is 4.74 Å². The molecular weight excluding hydrogens is 254 g/mol. The Labute approximate surface area is 107 Å². The first kappa shape index (κ1) is 12.3. The summed E-state index contributed by atoms with van der Waals surface area (Å²) in [5.74, 6) is -0.717. The quantitative estimate of drug-likeness (QED) is 0.667. The topological polar surface area (TPSA) is 85.2 Å². The molecule has 92 valence electrons. The average molecular weight is 263 g/mol. The Hall–Kier alpha value is -2.15. The van der Waals surface area contributed by atoms with Gasteiger partial charge in [0.2, 0.25) is 5.88 Å². The zero-order valence-electron chi connectivity index (χ0n) is 9.40. The minimum Gasteiger partial charge on any atom is -0.476 e. The van der Waals surface area contributed by atoms with Crippen molar-refractivity contribution in [3.05, 3.63) is 36.4 Å². The van der Waals surface area contributed by atoms with E-state index in [1.54, 1.807) is 12.1 Å². The Morgan fingerprint density at radius 1 is 1.39 bits per heavy atom. The van der Waals surface area contributed by atoms with Gasteiger partial charge >= 0.3 is 5.97 Å². The van der Waals surface area contributed by atoms with Crippen LogP contribution in [0.15, 0.2) is 35.7 Å². The van der Waals surface area contributed by atoms with Gasteiger partial charge in [-0.25, -0.2) is 19.7 Å². The highest BCUT2D eigenvalue weighted by atomic mass is 32.2. The second-order valence-corrected chi connectivity index (χ2v) is 3.98. The monoisotopic (exact) mass is 263 g/mol. The van der Waals surface area contributed by atoms with E-state index in [-0.39, 0.29) is 17.3 Å². The van der Waals surface area contributed by atoms with Crippen molar-refractivity contribution in [1.82, 2.24) is 15.0 Å². The van der Waals surface area contributed by atoms with Crippen LogP contribution >= 0.6 is 11.8 Å². The van der Waals surface area contributed by atoms with Gasteiger partial charge in [0.05, 0.1) is 0 Å². The summed E-state index contributed by atoms with van der Waals surface area (Å²) in [7, 11) is 0. The van der Waals surface area contributed by atoms with Crippen molar-refractivity contribution in [3.8, 4) is 11.6 Å². The third-order valence-electron chi connectivity index (χ3n) is 2.01. The molecule has 0 aliphatic carbocycles. The Morgan fingerprint density at radius 2 is 2.22 bits per heavy atom. The van der Waals surface area contributed by atoms with E-state index in [0.29, 0.717) is 0 Å². The number of thioether (sulfide) groups is 1. The smallest absolute Gasteiger partial charge is 0.358 e. The predicted octanol–water partition coefficient (Wildman–Crippen LogP) is 2.08. The molecule has 2 aromatic heterocycles. The number of aromatic carboxylic acids is 1. The minimum atomic E-state index is -1.15. The molecule has 0 aliphatic heterocycles. The molecule has 0 unspecified atom stereocenters. The van der Waals surface area contributed by atoms with Crippen LogP contribution in [-0.4, -0.2) is 32.3 Å². The number of aromatic nitrogens is 3. The molecule has 2 rings (SSSR count). The van der Waals surface area contributed by atoms with Crippen LogP contribution in [0.3, 0.4) is 0 Å². The maximum atomic E-state index is 11.0. The van der Waals surface area contributed by atoms with Crippen LogP contribution in [0.4, 0.5) is 0 Å². The molecule has 0 saturated heterocycles. The highest BCUT2D eigenvalue weighted by Crippen LogP contribution is 2.24. The van der Waals surface area contributed by atoms with Gasteiger partial charge in [-0.3, -0.25) is 0 Å². The summed E-state index contributed by atoms with van der Waals surface area (Å²) in [5.41, 5.74) is -0.151. The summed E-state index contributed by atoms with van der Waals surface area (Å²) >= 11 is 1.44. The third kappa shape index (κ3) is 2.75. The average Bonchev–Trinajstić information content (AvgIpc) is 2.39. The lowest BCUT2D eigenvalue weighted by Crippen LogP contribution is -2.03. The summed E-state index contributed by atoms with van der Waals surface area (Å²) in [6.07, 6.45) is 4.63. The van der Waals surface area contributed by atoms with Crippen molar-refractivity contribution in [1.29, 1.82) is 0 Å². The van der Waals surface area contributed by atoms with Crippen LogP contribution in [0.1, 0.15) is 10.5 Å². The molecule has 0 spiro atoms. The molecule has 18 heavy (non-hydrogen) atoms. The number of carboxylic acid groups (broad SMARTS) is 1. The second kappa shape index (κ2) is 5.46. The highest BCUT2D eigenvalue weighted by molar-refractivity contribution is 7.98. The van der Waals surface area contributed by atoms with Crippen molar-refractivity contribution in [2.24, 2.45) is 0 Å². The number of carbonyl (C=O) groups is 1. The molecule has 0 radical (unpaired) electrons. The number of hydrogen-bond donors (Lipinski definition) is 1. The number of pyridine rings is 1. The van der Waals surface area contributed by atoms with Crippen LogP contribution in [0, 0.1) is 0 Å². The van der Waals surface area contributed by atoms with Crippen molar-refractivity contribution >= 4 is 17.7 Å². The van der Waals surface area contributed by atoms with Crippen molar-refractivity contribution < 1.29 is 14.6 Å². The lowest BCUT2D eigenvalue weighted by atomic mass is 10.3. The molecule has 6 nitrogen and oxygen atoms in total. The normalized spacial score (nSPS) is 10.1. The van der Waals surface area contributed by atoms with Gasteiger partial charge in [-0.05, 0) is 18.4 Å². The number of hydrogen-bond acceptors (Lipinski definition) is 6. The molecular formula is C11H9N3O3S. The van der Waals surface area contributed by atoms with E-state index in [4.69, 9.17) is 9.84 Å². The van der Waals surface area contributed by atoms with Gasteiger partial charge in [0.25, 0.3) is 0 Å². The molecule has 1 N–H and O–H groups in total.